The van der Waals surface area contributed by atoms with E-state index in [2.05, 4.69) is 12.2 Å². The Balaban J connectivity index is 2.28. The maximum absolute atomic E-state index is 12.3. The van der Waals surface area contributed by atoms with Crippen LogP contribution < -0.4 is 5.32 Å². The van der Waals surface area contributed by atoms with Crippen LogP contribution in [0.2, 0.25) is 0 Å². The Labute approximate surface area is 135 Å². The van der Waals surface area contributed by atoms with Crippen molar-refractivity contribution in [3.8, 4) is 0 Å². The molecule has 1 aliphatic rings. The maximum Gasteiger partial charge on any atom is 0.410 e. The predicted molar refractivity (Wildman–Crippen MR) is 89.2 cm³/mol. The number of nitrogens with zero attached hydrogens (tertiary/aromatic N) is 1. The van der Waals surface area contributed by atoms with Crippen LogP contribution in [0.4, 0.5) is 4.79 Å². The summed E-state index contributed by atoms with van der Waals surface area (Å²) >= 11 is 0. The molecule has 0 radical (unpaired) electrons. The van der Waals surface area contributed by atoms with Gasteiger partial charge in [0.25, 0.3) is 0 Å². The van der Waals surface area contributed by atoms with Gasteiger partial charge in [0.1, 0.15) is 5.60 Å². The maximum atomic E-state index is 12.3. The van der Waals surface area contributed by atoms with Gasteiger partial charge in [-0.15, -0.1) is 0 Å². The van der Waals surface area contributed by atoms with Crippen LogP contribution in [0.5, 0.6) is 0 Å². The molecule has 1 saturated heterocycles. The highest BCUT2D eigenvalue weighted by atomic mass is 16.6. The minimum absolute atomic E-state index is 0.182. The fourth-order valence-corrected chi connectivity index (χ4v) is 2.54. The third kappa shape index (κ3) is 7.99. The monoisotopic (exact) mass is 314 g/mol. The molecule has 1 rings (SSSR count). The average Bonchev–Trinajstić information content (AvgIpc) is 2.45. The SMILES string of the molecule is CCCCOCCNCC1CCCCN1C(=O)OC(C)(C)C. The highest BCUT2D eigenvalue weighted by Gasteiger charge is 2.29. The molecule has 1 aliphatic heterocycles. The molecule has 5 heteroatoms. The van der Waals surface area contributed by atoms with Crippen molar-refractivity contribution in [1.82, 2.24) is 10.2 Å². The van der Waals surface area contributed by atoms with Crippen LogP contribution in [0.3, 0.4) is 0 Å². The standard InChI is InChI=1S/C17H34N2O3/c1-5-6-12-21-13-10-18-14-15-9-7-8-11-19(15)16(20)22-17(2,3)4/h15,18H,5-14H2,1-4H3. The van der Waals surface area contributed by atoms with Crippen LogP contribution in [-0.4, -0.2) is 55.5 Å². The zero-order chi connectivity index (χ0) is 16.4. The molecule has 1 atom stereocenters. The molecule has 0 aliphatic carbocycles. The van der Waals surface area contributed by atoms with Gasteiger partial charge in [-0.25, -0.2) is 4.79 Å². The summed E-state index contributed by atoms with van der Waals surface area (Å²) in [4.78, 5) is 14.2. The molecule has 22 heavy (non-hydrogen) atoms. The van der Waals surface area contributed by atoms with Gasteiger partial charge in [-0.05, 0) is 46.5 Å². The molecule has 0 spiro atoms. The summed E-state index contributed by atoms with van der Waals surface area (Å²) in [7, 11) is 0. The summed E-state index contributed by atoms with van der Waals surface area (Å²) in [6, 6.07) is 0.235. The smallest absolute Gasteiger partial charge is 0.410 e. The van der Waals surface area contributed by atoms with Crippen molar-refractivity contribution >= 4 is 6.09 Å². The molecule has 1 fully saturated rings. The van der Waals surface area contributed by atoms with Gasteiger partial charge in [0.2, 0.25) is 0 Å². The number of nitrogens with one attached hydrogen (secondary N) is 1. The van der Waals surface area contributed by atoms with Crippen molar-refractivity contribution in [1.29, 1.82) is 0 Å². The third-order valence-corrected chi connectivity index (χ3v) is 3.70. The number of piperidine rings is 1. The van der Waals surface area contributed by atoms with Gasteiger partial charge in [-0.1, -0.05) is 13.3 Å². The van der Waals surface area contributed by atoms with Crippen LogP contribution >= 0.6 is 0 Å². The molecular formula is C17H34N2O3. The van der Waals surface area contributed by atoms with E-state index < -0.39 is 5.60 Å². The molecule has 0 aromatic heterocycles. The lowest BCUT2D eigenvalue weighted by molar-refractivity contribution is 0.00977. The van der Waals surface area contributed by atoms with Crippen LogP contribution in [-0.2, 0) is 9.47 Å². The summed E-state index contributed by atoms with van der Waals surface area (Å²) in [5.41, 5.74) is -0.431. The minimum atomic E-state index is -0.431. The van der Waals surface area contributed by atoms with Gasteiger partial charge in [-0.2, -0.15) is 0 Å². The zero-order valence-electron chi connectivity index (χ0n) is 14.8. The second-order valence-corrected chi connectivity index (χ2v) is 6.99. The molecule has 1 amide bonds. The largest absolute Gasteiger partial charge is 0.444 e. The first-order chi connectivity index (χ1) is 10.4. The minimum Gasteiger partial charge on any atom is -0.444 e. The number of ether oxygens (including phenoxy) is 2. The number of unbranched alkanes of at least 4 members (excludes halogenated alkanes) is 1. The van der Waals surface area contributed by atoms with Gasteiger partial charge < -0.3 is 19.7 Å². The second kappa shape index (κ2) is 10.1. The van der Waals surface area contributed by atoms with Crippen molar-refractivity contribution in [3.05, 3.63) is 0 Å². The Morgan fingerprint density at radius 2 is 2.05 bits per heavy atom. The fourth-order valence-electron chi connectivity index (χ4n) is 2.54. The molecule has 0 saturated carbocycles. The van der Waals surface area contributed by atoms with E-state index in [-0.39, 0.29) is 12.1 Å². The van der Waals surface area contributed by atoms with E-state index in [0.717, 1.165) is 52.1 Å². The number of hydrogen-bond acceptors (Lipinski definition) is 4. The van der Waals surface area contributed by atoms with Gasteiger partial charge in [-0.3, -0.25) is 0 Å². The quantitative estimate of drug-likeness (QED) is 0.699. The summed E-state index contributed by atoms with van der Waals surface area (Å²) in [6.07, 6.45) is 5.39. The summed E-state index contributed by atoms with van der Waals surface area (Å²) in [5.74, 6) is 0. The van der Waals surface area contributed by atoms with Crippen LogP contribution in [0, 0.1) is 0 Å². The van der Waals surface area contributed by atoms with Crippen molar-refractivity contribution < 1.29 is 14.3 Å². The lowest BCUT2D eigenvalue weighted by atomic mass is 10.0. The molecule has 5 nitrogen and oxygen atoms in total. The molecule has 130 valence electrons. The molecule has 1 N–H and O–H groups in total. The van der Waals surface area contributed by atoms with Crippen molar-refractivity contribution in [3.63, 3.8) is 0 Å². The summed E-state index contributed by atoms with van der Waals surface area (Å²) in [6.45, 7) is 11.9. The van der Waals surface area contributed by atoms with Crippen LogP contribution in [0.25, 0.3) is 0 Å². The van der Waals surface area contributed by atoms with Crippen molar-refractivity contribution in [2.45, 2.75) is 71.4 Å². The first kappa shape index (κ1) is 19.2. The summed E-state index contributed by atoms with van der Waals surface area (Å²) < 4.78 is 11.0. The third-order valence-electron chi connectivity index (χ3n) is 3.70. The van der Waals surface area contributed by atoms with E-state index in [9.17, 15) is 4.79 Å². The molecule has 0 bridgehead atoms. The molecule has 0 aromatic rings. The van der Waals surface area contributed by atoms with E-state index in [1.807, 2.05) is 25.7 Å². The Hall–Kier alpha value is -0.810. The lowest BCUT2D eigenvalue weighted by Crippen LogP contribution is -2.50. The number of hydrogen-bond donors (Lipinski definition) is 1. The second-order valence-electron chi connectivity index (χ2n) is 6.99. The number of amides is 1. The Kier molecular flexibility index (Phi) is 8.79. The summed E-state index contributed by atoms with van der Waals surface area (Å²) in [5, 5.41) is 3.41. The van der Waals surface area contributed by atoms with Crippen LogP contribution in [0.1, 0.15) is 59.8 Å². The molecule has 0 aromatic carbocycles. The van der Waals surface area contributed by atoms with E-state index in [1.165, 1.54) is 12.8 Å². The van der Waals surface area contributed by atoms with Crippen molar-refractivity contribution in [2.24, 2.45) is 0 Å². The number of carbonyl (C=O) groups is 1. The fraction of sp³-hybridized carbons (Fsp3) is 0.941. The first-order valence-corrected chi connectivity index (χ1v) is 8.72. The van der Waals surface area contributed by atoms with E-state index in [0.29, 0.717) is 0 Å². The average molecular weight is 314 g/mol. The Morgan fingerprint density at radius 3 is 2.73 bits per heavy atom. The molecule has 1 unspecified atom stereocenters. The highest BCUT2D eigenvalue weighted by Crippen LogP contribution is 2.19. The lowest BCUT2D eigenvalue weighted by Gasteiger charge is -2.36. The normalized spacial score (nSPS) is 19.3. The van der Waals surface area contributed by atoms with Gasteiger partial charge in [0.15, 0.2) is 0 Å². The van der Waals surface area contributed by atoms with Crippen molar-refractivity contribution in [2.75, 3.05) is 32.8 Å². The number of likely N-dealkylation sites (tertiary alicyclic amines) is 1. The Bertz CT molecular complexity index is 316. The van der Waals surface area contributed by atoms with E-state index >= 15 is 0 Å². The first-order valence-electron chi connectivity index (χ1n) is 8.72. The van der Waals surface area contributed by atoms with E-state index in [4.69, 9.17) is 9.47 Å². The predicted octanol–water partition coefficient (Wildman–Crippen LogP) is 3.18. The highest BCUT2D eigenvalue weighted by molar-refractivity contribution is 5.68. The van der Waals surface area contributed by atoms with Crippen LogP contribution in [0.15, 0.2) is 0 Å². The molecular weight excluding hydrogens is 280 g/mol. The van der Waals surface area contributed by atoms with Gasteiger partial charge >= 0.3 is 6.09 Å². The zero-order valence-corrected chi connectivity index (χ0v) is 14.8. The van der Waals surface area contributed by atoms with E-state index in [1.54, 1.807) is 0 Å². The number of carbonyl (C=O) groups excluding carboxylic acids is 1. The van der Waals surface area contributed by atoms with Gasteiger partial charge in [0.05, 0.1) is 6.61 Å². The van der Waals surface area contributed by atoms with Gasteiger partial charge in [0, 0.05) is 32.3 Å². The number of rotatable bonds is 8. The molecule has 1 heterocycles. The Morgan fingerprint density at radius 1 is 1.27 bits per heavy atom. The topological polar surface area (TPSA) is 50.8 Å².